The lowest BCUT2D eigenvalue weighted by Crippen LogP contribution is -2.29. The SMILES string of the molecule is O=C(/C=C/c1ccc(Cl)cc1Cl)Nc1ccc(N2CCCCC2)cc1. The maximum atomic E-state index is 12.1. The highest BCUT2D eigenvalue weighted by atomic mass is 35.5. The van der Waals surface area contributed by atoms with Crippen LogP contribution in [0.4, 0.5) is 11.4 Å². The maximum absolute atomic E-state index is 12.1. The average Bonchev–Trinajstić information content (AvgIpc) is 2.62. The van der Waals surface area contributed by atoms with E-state index in [1.165, 1.54) is 31.0 Å². The molecular weight excluding hydrogens is 355 g/mol. The Morgan fingerprint density at radius 3 is 2.40 bits per heavy atom. The van der Waals surface area contributed by atoms with Crippen LogP contribution in [0.3, 0.4) is 0 Å². The number of piperidine rings is 1. The lowest BCUT2D eigenvalue weighted by molar-refractivity contribution is -0.111. The predicted molar refractivity (Wildman–Crippen MR) is 107 cm³/mol. The molecule has 1 fully saturated rings. The molecule has 0 atom stereocenters. The van der Waals surface area contributed by atoms with Crippen molar-refractivity contribution in [2.45, 2.75) is 19.3 Å². The summed E-state index contributed by atoms with van der Waals surface area (Å²) < 4.78 is 0. The number of hydrogen-bond acceptors (Lipinski definition) is 2. The molecule has 3 nitrogen and oxygen atoms in total. The zero-order valence-electron chi connectivity index (χ0n) is 13.8. The summed E-state index contributed by atoms with van der Waals surface area (Å²) in [6.07, 6.45) is 6.95. The molecule has 130 valence electrons. The summed E-state index contributed by atoms with van der Waals surface area (Å²) in [5.41, 5.74) is 2.74. The number of halogens is 2. The second-order valence-corrected chi connectivity index (χ2v) is 6.93. The molecule has 1 aliphatic rings. The lowest BCUT2D eigenvalue weighted by atomic mass is 10.1. The molecular formula is C20H20Cl2N2O. The largest absolute Gasteiger partial charge is 0.372 e. The van der Waals surface area contributed by atoms with Crippen LogP contribution in [0, 0.1) is 0 Å². The van der Waals surface area contributed by atoms with Crippen LogP contribution in [0.2, 0.25) is 10.0 Å². The molecule has 2 aromatic carbocycles. The molecule has 0 spiro atoms. The highest BCUT2D eigenvalue weighted by molar-refractivity contribution is 6.35. The average molecular weight is 375 g/mol. The van der Waals surface area contributed by atoms with Gasteiger partial charge >= 0.3 is 0 Å². The molecule has 1 N–H and O–H groups in total. The Balaban J connectivity index is 1.59. The van der Waals surface area contributed by atoms with Gasteiger partial charge in [-0.15, -0.1) is 0 Å². The Kier molecular flexibility index (Phi) is 6.00. The first-order valence-corrected chi connectivity index (χ1v) is 9.16. The van der Waals surface area contributed by atoms with E-state index in [0.717, 1.165) is 24.3 Å². The number of nitrogens with zero attached hydrogens (tertiary/aromatic N) is 1. The smallest absolute Gasteiger partial charge is 0.248 e. The molecule has 5 heteroatoms. The predicted octanol–water partition coefficient (Wildman–Crippen LogP) is 5.64. The van der Waals surface area contributed by atoms with E-state index in [1.54, 1.807) is 24.3 Å². The van der Waals surface area contributed by atoms with Gasteiger partial charge < -0.3 is 10.2 Å². The highest BCUT2D eigenvalue weighted by Crippen LogP contribution is 2.23. The molecule has 0 aliphatic carbocycles. The summed E-state index contributed by atoms with van der Waals surface area (Å²) in [7, 11) is 0. The number of carbonyl (C=O) groups excluding carboxylic acids is 1. The van der Waals surface area contributed by atoms with Gasteiger partial charge in [0, 0.05) is 40.6 Å². The molecule has 1 heterocycles. The van der Waals surface area contributed by atoms with Gasteiger partial charge in [0.25, 0.3) is 0 Å². The van der Waals surface area contributed by atoms with Gasteiger partial charge in [0.15, 0.2) is 0 Å². The Hall–Kier alpha value is -1.97. The number of anilines is 2. The number of rotatable bonds is 4. The third kappa shape index (κ3) is 5.00. The summed E-state index contributed by atoms with van der Waals surface area (Å²) in [5.74, 6) is -0.197. The van der Waals surface area contributed by atoms with E-state index in [2.05, 4.69) is 22.3 Å². The van der Waals surface area contributed by atoms with Gasteiger partial charge in [-0.1, -0.05) is 29.3 Å². The lowest BCUT2D eigenvalue weighted by Gasteiger charge is -2.28. The van der Waals surface area contributed by atoms with Crippen LogP contribution in [0.5, 0.6) is 0 Å². The molecule has 1 saturated heterocycles. The Morgan fingerprint density at radius 2 is 1.72 bits per heavy atom. The van der Waals surface area contributed by atoms with Crippen molar-refractivity contribution in [3.8, 4) is 0 Å². The first kappa shape index (κ1) is 17.8. The van der Waals surface area contributed by atoms with Crippen LogP contribution in [-0.4, -0.2) is 19.0 Å². The molecule has 2 aromatic rings. The second-order valence-electron chi connectivity index (χ2n) is 6.08. The second kappa shape index (κ2) is 8.41. The minimum atomic E-state index is -0.197. The van der Waals surface area contributed by atoms with E-state index in [-0.39, 0.29) is 5.91 Å². The first-order valence-electron chi connectivity index (χ1n) is 8.41. The third-order valence-corrected chi connectivity index (χ3v) is 4.80. The van der Waals surface area contributed by atoms with Gasteiger partial charge in [-0.2, -0.15) is 0 Å². The van der Waals surface area contributed by atoms with E-state index < -0.39 is 0 Å². The van der Waals surface area contributed by atoms with Crippen molar-refractivity contribution in [1.29, 1.82) is 0 Å². The molecule has 0 bridgehead atoms. The molecule has 0 radical (unpaired) electrons. The molecule has 1 amide bonds. The minimum Gasteiger partial charge on any atom is -0.372 e. The van der Waals surface area contributed by atoms with Crippen LogP contribution in [0.15, 0.2) is 48.5 Å². The summed E-state index contributed by atoms with van der Waals surface area (Å²) in [5, 5.41) is 3.95. The minimum absolute atomic E-state index is 0.197. The number of nitrogens with one attached hydrogen (secondary N) is 1. The number of hydrogen-bond donors (Lipinski definition) is 1. The molecule has 0 unspecified atom stereocenters. The van der Waals surface area contributed by atoms with Crippen LogP contribution in [0.1, 0.15) is 24.8 Å². The molecule has 25 heavy (non-hydrogen) atoms. The quantitative estimate of drug-likeness (QED) is 0.702. The van der Waals surface area contributed by atoms with E-state index in [0.29, 0.717) is 10.0 Å². The first-order chi connectivity index (χ1) is 12.1. The van der Waals surface area contributed by atoms with Crippen molar-refractivity contribution >= 4 is 46.6 Å². The summed E-state index contributed by atoms with van der Waals surface area (Å²) in [4.78, 5) is 14.5. The molecule has 0 saturated carbocycles. The van der Waals surface area contributed by atoms with Gasteiger partial charge in [0.1, 0.15) is 0 Å². The monoisotopic (exact) mass is 374 g/mol. The van der Waals surface area contributed by atoms with Gasteiger partial charge in [0.05, 0.1) is 0 Å². The van der Waals surface area contributed by atoms with Gasteiger partial charge in [-0.25, -0.2) is 0 Å². The van der Waals surface area contributed by atoms with Crippen molar-refractivity contribution in [2.75, 3.05) is 23.3 Å². The Bertz CT molecular complexity index is 766. The van der Waals surface area contributed by atoms with E-state index in [9.17, 15) is 4.79 Å². The van der Waals surface area contributed by atoms with E-state index in [4.69, 9.17) is 23.2 Å². The standard InChI is InChI=1S/C20H20Cl2N2O/c21-16-6-4-15(19(22)14-16)5-11-20(25)23-17-7-9-18(10-8-17)24-12-2-1-3-13-24/h4-11,14H,1-3,12-13H2,(H,23,25)/b11-5+. The van der Waals surface area contributed by atoms with Gasteiger partial charge in [0.2, 0.25) is 5.91 Å². The van der Waals surface area contributed by atoms with Crippen molar-refractivity contribution < 1.29 is 4.79 Å². The molecule has 3 rings (SSSR count). The fourth-order valence-electron chi connectivity index (χ4n) is 2.89. The summed E-state index contributed by atoms with van der Waals surface area (Å²) in [6, 6.07) is 13.2. The summed E-state index contributed by atoms with van der Waals surface area (Å²) in [6.45, 7) is 2.21. The van der Waals surface area contributed by atoms with Crippen molar-refractivity contribution in [3.63, 3.8) is 0 Å². The van der Waals surface area contributed by atoms with Crippen molar-refractivity contribution in [3.05, 3.63) is 64.1 Å². The molecule has 1 aliphatic heterocycles. The van der Waals surface area contributed by atoms with E-state index >= 15 is 0 Å². The van der Waals surface area contributed by atoms with Crippen molar-refractivity contribution in [1.82, 2.24) is 0 Å². The van der Waals surface area contributed by atoms with Crippen LogP contribution in [-0.2, 0) is 4.79 Å². The highest BCUT2D eigenvalue weighted by Gasteiger charge is 2.10. The van der Waals surface area contributed by atoms with Gasteiger partial charge in [-0.05, 0) is 67.3 Å². The zero-order valence-corrected chi connectivity index (χ0v) is 15.4. The van der Waals surface area contributed by atoms with Gasteiger partial charge in [-0.3, -0.25) is 4.79 Å². The third-order valence-electron chi connectivity index (χ3n) is 4.23. The van der Waals surface area contributed by atoms with E-state index in [1.807, 2.05) is 12.1 Å². The zero-order chi connectivity index (χ0) is 17.6. The summed E-state index contributed by atoms with van der Waals surface area (Å²) >= 11 is 12.0. The number of benzene rings is 2. The fourth-order valence-corrected chi connectivity index (χ4v) is 3.37. The Labute approximate surface area is 158 Å². The fraction of sp³-hybridized carbons (Fsp3) is 0.250. The van der Waals surface area contributed by atoms with Crippen molar-refractivity contribution in [2.24, 2.45) is 0 Å². The van der Waals surface area contributed by atoms with Crippen LogP contribution >= 0.6 is 23.2 Å². The molecule has 0 aromatic heterocycles. The Morgan fingerprint density at radius 1 is 1.00 bits per heavy atom. The van der Waals surface area contributed by atoms with Crippen LogP contribution < -0.4 is 10.2 Å². The van der Waals surface area contributed by atoms with Crippen LogP contribution in [0.25, 0.3) is 6.08 Å². The normalized spacial score (nSPS) is 14.7. The maximum Gasteiger partial charge on any atom is 0.248 e. The topological polar surface area (TPSA) is 32.3 Å². The number of carbonyl (C=O) groups is 1. The number of amides is 1.